The van der Waals surface area contributed by atoms with Crippen LogP contribution in [0.4, 0.5) is 0 Å². The van der Waals surface area contributed by atoms with Gasteiger partial charge in [-0.3, -0.25) is 4.90 Å². The maximum absolute atomic E-state index is 6.36. The minimum atomic E-state index is -0.00270. The summed E-state index contributed by atoms with van der Waals surface area (Å²) in [6, 6.07) is 14.4. The van der Waals surface area contributed by atoms with Gasteiger partial charge in [-0.25, -0.2) is 0 Å². The monoisotopic (exact) mass is 393 g/mol. The zero-order valence-corrected chi connectivity index (χ0v) is 15.1. The Balaban J connectivity index is 0.00000156. The van der Waals surface area contributed by atoms with E-state index in [0.717, 1.165) is 45.4 Å². The van der Waals surface area contributed by atoms with Gasteiger partial charge < -0.3 is 9.15 Å². The van der Waals surface area contributed by atoms with Crippen molar-refractivity contribution in [2.75, 3.05) is 13.6 Å². The summed E-state index contributed by atoms with van der Waals surface area (Å²) in [5, 5.41) is 2.28. The number of fused-ring (bicyclic) bond motifs is 2. The summed E-state index contributed by atoms with van der Waals surface area (Å²) in [6.45, 7) is 1.69. The molecular weight excluding hydrogens is 378 g/mol. The van der Waals surface area contributed by atoms with E-state index in [9.17, 15) is 0 Å². The summed E-state index contributed by atoms with van der Waals surface area (Å²) >= 11 is 3.61. The quantitative estimate of drug-likeness (QED) is 0.599. The van der Waals surface area contributed by atoms with Gasteiger partial charge in [0.1, 0.15) is 17.6 Å². The van der Waals surface area contributed by atoms with Crippen LogP contribution < -0.4 is 4.74 Å². The Morgan fingerprint density at radius 3 is 2.74 bits per heavy atom. The van der Waals surface area contributed by atoms with Crippen molar-refractivity contribution in [3.8, 4) is 5.75 Å². The topological polar surface area (TPSA) is 25.6 Å². The lowest BCUT2D eigenvalue weighted by Crippen LogP contribution is -2.32. The minimum absolute atomic E-state index is 0. The molecule has 0 amide bonds. The second kappa shape index (κ2) is 6.56. The van der Waals surface area contributed by atoms with Crippen molar-refractivity contribution in [3.05, 3.63) is 64.5 Å². The standard InChI is InChI=1S/C18H16BrNO2.ClH/c1-20-10-17-14(8-9-21-17)18(11-20)22-16-7-6-15(19)12-4-2-3-5-13(12)16;/h2-9,18H,10-11H2,1H3;1H. The number of furan rings is 1. The lowest BCUT2D eigenvalue weighted by Gasteiger charge is -2.29. The van der Waals surface area contributed by atoms with Crippen molar-refractivity contribution in [3.63, 3.8) is 0 Å². The smallest absolute Gasteiger partial charge is 0.140 e. The number of nitrogens with zero attached hydrogens (tertiary/aromatic N) is 1. The Labute approximate surface area is 149 Å². The molecule has 0 saturated heterocycles. The molecular formula is C18H17BrClNO2. The van der Waals surface area contributed by atoms with E-state index < -0.39 is 0 Å². The third-order valence-corrected chi connectivity index (χ3v) is 4.81. The average Bonchev–Trinajstić information content (AvgIpc) is 2.98. The van der Waals surface area contributed by atoms with Gasteiger partial charge in [0.25, 0.3) is 0 Å². The van der Waals surface area contributed by atoms with Crippen LogP contribution in [0.25, 0.3) is 10.8 Å². The fourth-order valence-electron chi connectivity index (χ4n) is 3.05. The number of rotatable bonds is 2. The van der Waals surface area contributed by atoms with Gasteiger partial charge in [0.2, 0.25) is 0 Å². The Morgan fingerprint density at radius 1 is 1.13 bits per heavy atom. The van der Waals surface area contributed by atoms with Crippen LogP contribution in [0.1, 0.15) is 17.4 Å². The zero-order chi connectivity index (χ0) is 15.1. The molecule has 1 unspecified atom stereocenters. The van der Waals surface area contributed by atoms with Crippen LogP contribution in [0.2, 0.25) is 0 Å². The molecule has 5 heteroatoms. The van der Waals surface area contributed by atoms with Gasteiger partial charge in [0.15, 0.2) is 0 Å². The summed E-state index contributed by atoms with van der Waals surface area (Å²) in [5.74, 6) is 1.91. The number of likely N-dealkylation sites (N-methyl/N-ethyl adjacent to an activating group) is 1. The van der Waals surface area contributed by atoms with Gasteiger partial charge in [-0.15, -0.1) is 12.4 Å². The fraction of sp³-hybridized carbons (Fsp3) is 0.222. The van der Waals surface area contributed by atoms with Crippen LogP contribution >= 0.6 is 28.3 Å². The van der Waals surface area contributed by atoms with E-state index in [-0.39, 0.29) is 18.5 Å². The first kappa shape index (κ1) is 16.4. The van der Waals surface area contributed by atoms with Crippen molar-refractivity contribution >= 4 is 39.1 Å². The molecule has 120 valence electrons. The third kappa shape index (κ3) is 2.99. The van der Waals surface area contributed by atoms with Crippen molar-refractivity contribution in [1.82, 2.24) is 4.90 Å². The number of hydrogen-bond donors (Lipinski definition) is 0. The summed E-state index contributed by atoms with van der Waals surface area (Å²) in [7, 11) is 2.08. The highest BCUT2D eigenvalue weighted by atomic mass is 79.9. The third-order valence-electron chi connectivity index (χ3n) is 4.12. The number of halogens is 2. The van der Waals surface area contributed by atoms with E-state index in [0.29, 0.717) is 0 Å². The normalized spacial score (nSPS) is 17.6. The van der Waals surface area contributed by atoms with E-state index in [1.54, 1.807) is 6.26 Å². The first-order chi connectivity index (χ1) is 10.7. The van der Waals surface area contributed by atoms with Crippen LogP contribution in [-0.4, -0.2) is 18.5 Å². The van der Waals surface area contributed by atoms with Gasteiger partial charge in [-0.05, 0) is 30.6 Å². The summed E-state index contributed by atoms with van der Waals surface area (Å²) in [5.41, 5.74) is 1.16. The average molecular weight is 395 g/mol. The highest BCUT2D eigenvalue weighted by Crippen LogP contribution is 2.36. The lowest BCUT2D eigenvalue weighted by atomic mass is 10.0. The van der Waals surface area contributed by atoms with Gasteiger partial charge in [0, 0.05) is 22.0 Å². The molecule has 1 aliphatic rings. The Bertz CT molecular complexity index is 833. The molecule has 2 aromatic carbocycles. The van der Waals surface area contributed by atoms with Crippen molar-refractivity contribution in [2.45, 2.75) is 12.6 Å². The fourth-order valence-corrected chi connectivity index (χ4v) is 3.53. The molecule has 4 rings (SSSR count). The van der Waals surface area contributed by atoms with Crippen molar-refractivity contribution in [2.24, 2.45) is 0 Å². The van der Waals surface area contributed by atoms with Crippen LogP contribution in [0, 0.1) is 0 Å². The minimum Gasteiger partial charge on any atom is -0.484 e. The van der Waals surface area contributed by atoms with E-state index in [2.05, 4.69) is 40.0 Å². The Kier molecular flexibility index (Phi) is 4.67. The van der Waals surface area contributed by atoms with E-state index in [1.165, 1.54) is 0 Å². The van der Waals surface area contributed by atoms with Crippen LogP contribution in [-0.2, 0) is 6.54 Å². The van der Waals surface area contributed by atoms with Crippen molar-refractivity contribution < 1.29 is 9.15 Å². The van der Waals surface area contributed by atoms with Crippen LogP contribution in [0.15, 0.2) is 57.6 Å². The highest BCUT2D eigenvalue weighted by Gasteiger charge is 2.27. The molecule has 1 aliphatic heterocycles. The van der Waals surface area contributed by atoms with Gasteiger partial charge in [-0.2, -0.15) is 0 Å². The van der Waals surface area contributed by atoms with Gasteiger partial charge >= 0.3 is 0 Å². The van der Waals surface area contributed by atoms with Gasteiger partial charge in [0.05, 0.1) is 12.8 Å². The summed E-state index contributed by atoms with van der Waals surface area (Å²) in [4.78, 5) is 2.22. The summed E-state index contributed by atoms with van der Waals surface area (Å²) < 4.78 is 13.0. The maximum atomic E-state index is 6.36. The SMILES string of the molecule is CN1Cc2occc2C(Oc2ccc(Br)c3ccccc23)C1.Cl. The molecule has 0 radical (unpaired) electrons. The number of hydrogen-bond acceptors (Lipinski definition) is 3. The van der Waals surface area contributed by atoms with Crippen LogP contribution in [0.3, 0.4) is 0 Å². The molecule has 1 aromatic heterocycles. The largest absolute Gasteiger partial charge is 0.484 e. The van der Waals surface area contributed by atoms with Crippen LogP contribution in [0.5, 0.6) is 5.75 Å². The van der Waals surface area contributed by atoms with Gasteiger partial charge in [-0.1, -0.05) is 40.2 Å². The molecule has 0 N–H and O–H groups in total. The molecule has 3 aromatic rings. The lowest BCUT2D eigenvalue weighted by molar-refractivity contribution is 0.121. The van der Waals surface area contributed by atoms with E-state index >= 15 is 0 Å². The molecule has 0 saturated carbocycles. The summed E-state index contributed by atoms with van der Waals surface area (Å²) in [6.07, 6.45) is 1.75. The van der Waals surface area contributed by atoms with Crippen molar-refractivity contribution in [1.29, 1.82) is 0 Å². The number of benzene rings is 2. The molecule has 0 spiro atoms. The van der Waals surface area contributed by atoms with E-state index in [1.807, 2.05) is 30.3 Å². The first-order valence-electron chi connectivity index (χ1n) is 7.31. The second-order valence-electron chi connectivity index (χ2n) is 5.69. The second-order valence-corrected chi connectivity index (χ2v) is 6.55. The Morgan fingerprint density at radius 2 is 1.91 bits per heavy atom. The molecule has 1 atom stereocenters. The predicted octanol–water partition coefficient (Wildman–Crippen LogP) is 5.18. The molecule has 0 fully saturated rings. The molecule has 0 bridgehead atoms. The predicted molar refractivity (Wildman–Crippen MR) is 97.3 cm³/mol. The highest BCUT2D eigenvalue weighted by molar-refractivity contribution is 9.10. The molecule has 0 aliphatic carbocycles. The molecule has 23 heavy (non-hydrogen) atoms. The Hall–Kier alpha value is -1.49. The molecule has 3 nitrogen and oxygen atoms in total. The first-order valence-corrected chi connectivity index (χ1v) is 8.10. The molecule has 2 heterocycles. The maximum Gasteiger partial charge on any atom is 0.140 e. The number of ether oxygens (including phenoxy) is 1. The van der Waals surface area contributed by atoms with E-state index in [4.69, 9.17) is 9.15 Å². The zero-order valence-electron chi connectivity index (χ0n) is 12.7.